The number of piperidine rings is 2. The van der Waals surface area contributed by atoms with Crippen molar-refractivity contribution in [3.05, 3.63) is 0 Å². The summed E-state index contributed by atoms with van der Waals surface area (Å²) in [4.78, 5) is 27.4. The van der Waals surface area contributed by atoms with Gasteiger partial charge in [0, 0.05) is 26.2 Å². The average molecular weight is 294 g/mol. The smallest absolute Gasteiger partial charge is 0.320 e. The van der Waals surface area contributed by atoms with Gasteiger partial charge in [0.2, 0.25) is 0 Å². The van der Waals surface area contributed by atoms with E-state index in [4.69, 9.17) is 5.11 Å². The number of carbonyl (C=O) groups is 2. The van der Waals surface area contributed by atoms with Gasteiger partial charge in [-0.05, 0) is 43.9 Å². The highest BCUT2D eigenvalue weighted by atomic mass is 16.4. The van der Waals surface area contributed by atoms with Crippen molar-refractivity contribution >= 4 is 12.0 Å². The van der Waals surface area contributed by atoms with Crippen molar-refractivity contribution in [2.75, 3.05) is 26.2 Å². The Morgan fingerprint density at radius 3 is 2.19 bits per heavy atom. The first kappa shape index (κ1) is 14.7. The molecule has 2 amide bonds. The molecule has 0 aromatic heterocycles. The van der Waals surface area contributed by atoms with E-state index >= 15 is 0 Å². The summed E-state index contributed by atoms with van der Waals surface area (Å²) in [5, 5.41) is 9.14. The zero-order chi connectivity index (χ0) is 14.9. The number of amides is 2. The third kappa shape index (κ3) is 3.01. The van der Waals surface area contributed by atoms with Gasteiger partial charge in [-0.1, -0.05) is 12.8 Å². The Morgan fingerprint density at radius 1 is 0.905 bits per heavy atom. The highest BCUT2D eigenvalue weighted by molar-refractivity contribution is 5.76. The molecule has 0 radical (unpaired) electrons. The molecule has 3 fully saturated rings. The monoisotopic (exact) mass is 294 g/mol. The van der Waals surface area contributed by atoms with Crippen molar-refractivity contribution in [1.82, 2.24) is 9.80 Å². The molecular weight excluding hydrogens is 268 g/mol. The van der Waals surface area contributed by atoms with Gasteiger partial charge in [-0.2, -0.15) is 0 Å². The summed E-state index contributed by atoms with van der Waals surface area (Å²) in [5.74, 6) is -1.15. The Hall–Kier alpha value is -1.26. The van der Waals surface area contributed by atoms with Crippen molar-refractivity contribution in [2.45, 2.75) is 51.4 Å². The highest BCUT2D eigenvalue weighted by Crippen LogP contribution is 2.46. The Balaban J connectivity index is 1.55. The predicted octanol–water partition coefficient (Wildman–Crippen LogP) is 2.56. The molecule has 2 saturated heterocycles. The molecule has 118 valence electrons. The summed E-state index contributed by atoms with van der Waals surface area (Å²) >= 11 is 0. The molecule has 0 unspecified atom stereocenters. The molecule has 3 rings (SSSR count). The van der Waals surface area contributed by atoms with Gasteiger partial charge in [-0.3, -0.25) is 4.79 Å². The first-order chi connectivity index (χ1) is 10.1. The van der Waals surface area contributed by atoms with Gasteiger partial charge in [0.05, 0.1) is 5.92 Å². The number of carboxylic acid groups (broad SMARTS) is 1. The molecule has 1 N–H and O–H groups in total. The molecule has 5 heteroatoms. The minimum absolute atomic E-state index is 0.0637. The van der Waals surface area contributed by atoms with Gasteiger partial charge in [-0.15, -0.1) is 0 Å². The van der Waals surface area contributed by atoms with Crippen molar-refractivity contribution in [1.29, 1.82) is 0 Å². The van der Waals surface area contributed by atoms with Crippen LogP contribution in [0.25, 0.3) is 0 Å². The van der Waals surface area contributed by atoms with E-state index in [9.17, 15) is 9.59 Å². The molecule has 1 aliphatic carbocycles. The van der Waals surface area contributed by atoms with Gasteiger partial charge in [-0.25, -0.2) is 4.79 Å². The van der Waals surface area contributed by atoms with Crippen LogP contribution in [-0.4, -0.2) is 53.1 Å². The van der Waals surface area contributed by atoms with E-state index in [0.29, 0.717) is 24.9 Å². The number of urea groups is 1. The third-order valence-electron chi connectivity index (χ3n) is 5.80. The van der Waals surface area contributed by atoms with Crippen LogP contribution < -0.4 is 0 Å². The maximum absolute atomic E-state index is 12.6. The van der Waals surface area contributed by atoms with Crippen LogP contribution in [0.4, 0.5) is 4.79 Å². The quantitative estimate of drug-likeness (QED) is 0.808. The van der Waals surface area contributed by atoms with E-state index < -0.39 is 5.97 Å². The van der Waals surface area contributed by atoms with Crippen LogP contribution in [0.3, 0.4) is 0 Å². The SMILES string of the molecule is O=C(O)[C@H]1CCCN(C(=O)N2CCC3(CCCC3)CC2)C1. The zero-order valence-corrected chi connectivity index (χ0v) is 12.7. The number of rotatable bonds is 1. The van der Waals surface area contributed by atoms with Crippen LogP contribution in [-0.2, 0) is 4.79 Å². The van der Waals surface area contributed by atoms with Gasteiger partial charge in [0.15, 0.2) is 0 Å². The minimum atomic E-state index is -0.768. The maximum atomic E-state index is 12.6. The number of likely N-dealkylation sites (tertiary alicyclic amines) is 2. The first-order valence-electron chi connectivity index (χ1n) is 8.36. The van der Waals surface area contributed by atoms with E-state index in [2.05, 4.69) is 0 Å². The normalized spacial score (nSPS) is 28.9. The van der Waals surface area contributed by atoms with Crippen molar-refractivity contribution in [3.8, 4) is 0 Å². The van der Waals surface area contributed by atoms with E-state index in [1.807, 2.05) is 4.90 Å². The number of hydrogen-bond donors (Lipinski definition) is 1. The molecule has 0 bridgehead atoms. The van der Waals surface area contributed by atoms with E-state index in [-0.39, 0.29) is 11.9 Å². The van der Waals surface area contributed by atoms with Gasteiger partial charge >= 0.3 is 12.0 Å². The van der Waals surface area contributed by atoms with Crippen molar-refractivity contribution in [3.63, 3.8) is 0 Å². The number of carboxylic acids is 1. The van der Waals surface area contributed by atoms with Crippen molar-refractivity contribution < 1.29 is 14.7 Å². The molecule has 2 heterocycles. The fraction of sp³-hybridized carbons (Fsp3) is 0.875. The molecule has 1 saturated carbocycles. The molecule has 1 spiro atoms. The molecular formula is C16H26N2O3. The number of aliphatic carboxylic acids is 1. The molecule has 21 heavy (non-hydrogen) atoms. The average Bonchev–Trinajstić information content (AvgIpc) is 2.96. The molecule has 0 aromatic rings. The molecule has 1 atom stereocenters. The Kier molecular flexibility index (Phi) is 4.09. The molecule has 2 aliphatic heterocycles. The lowest BCUT2D eigenvalue weighted by molar-refractivity contribution is -0.143. The standard InChI is InChI=1S/C16H26N2O3/c19-14(20)13-4-3-9-18(12-13)15(21)17-10-7-16(8-11-17)5-1-2-6-16/h13H,1-12H2,(H,19,20)/t13-/m0/s1. The number of hydrogen-bond acceptors (Lipinski definition) is 2. The Morgan fingerprint density at radius 2 is 1.57 bits per heavy atom. The lowest BCUT2D eigenvalue weighted by Gasteiger charge is -2.42. The van der Waals surface area contributed by atoms with E-state index in [1.165, 1.54) is 25.7 Å². The summed E-state index contributed by atoms with van der Waals surface area (Å²) in [5.41, 5.74) is 0.516. The van der Waals surface area contributed by atoms with Crippen LogP contribution in [0.15, 0.2) is 0 Å². The lowest BCUT2D eigenvalue weighted by atomic mass is 9.77. The first-order valence-corrected chi connectivity index (χ1v) is 8.36. The Bertz CT molecular complexity index is 408. The minimum Gasteiger partial charge on any atom is -0.481 e. The summed E-state index contributed by atoms with van der Waals surface area (Å²) in [7, 11) is 0. The van der Waals surface area contributed by atoms with Gasteiger partial charge < -0.3 is 14.9 Å². The lowest BCUT2D eigenvalue weighted by Crippen LogP contribution is -2.51. The summed E-state index contributed by atoms with van der Waals surface area (Å²) in [6.07, 6.45) is 9.13. The zero-order valence-electron chi connectivity index (χ0n) is 12.7. The fourth-order valence-corrected chi connectivity index (χ4v) is 4.35. The second-order valence-corrected chi connectivity index (χ2v) is 7.10. The largest absolute Gasteiger partial charge is 0.481 e. The van der Waals surface area contributed by atoms with Crippen LogP contribution >= 0.6 is 0 Å². The fourth-order valence-electron chi connectivity index (χ4n) is 4.35. The predicted molar refractivity (Wildman–Crippen MR) is 79.0 cm³/mol. The summed E-state index contributed by atoms with van der Waals surface area (Å²) < 4.78 is 0. The topological polar surface area (TPSA) is 60.9 Å². The summed E-state index contributed by atoms with van der Waals surface area (Å²) in [6.45, 7) is 2.81. The van der Waals surface area contributed by atoms with Crippen LogP contribution in [0.1, 0.15) is 51.4 Å². The third-order valence-corrected chi connectivity index (χ3v) is 5.80. The number of carbonyl (C=O) groups excluding carboxylic acids is 1. The second kappa shape index (κ2) is 5.85. The maximum Gasteiger partial charge on any atom is 0.320 e. The highest BCUT2D eigenvalue weighted by Gasteiger charge is 2.39. The number of nitrogens with zero attached hydrogens (tertiary/aromatic N) is 2. The molecule has 3 aliphatic rings. The van der Waals surface area contributed by atoms with Crippen LogP contribution in [0.2, 0.25) is 0 Å². The van der Waals surface area contributed by atoms with Crippen LogP contribution in [0.5, 0.6) is 0 Å². The van der Waals surface area contributed by atoms with Crippen LogP contribution in [0, 0.1) is 11.3 Å². The molecule has 0 aromatic carbocycles. The van der Waals surface area contributed by atoms with E-state index in [0.717, 1.165) is 32.4 Å². The van der Waals surface area contributed by atoms with Gasteiger partial charge in [0.1, 0.15) is 0 Å². The summed E-state index contributed by atoms with van der Waals surface area (Å²) in [6, 6.07) is 0.0637. The van der Waals surface area contributed by atoms with Crippen molar-refractivity contribution in [2.24, 2.45) is 11.3 Å². The Labute approximate surface area is 126 Å². The molecule has 5 nitrogen and oxygen atoms in total. The van der Waals surface area contributed by atoms with E-state index in [1.54, 1.807) is 4.90 Å². The van der Waals surface area contributed by atoms with Gasteiger partial charge in [0.25, 0.3) is 0 Å². The second-order valence-electron chi connectivity index (χ2n) is 7.10.